The molecule has 2 rings (SSSR count). The molecule has 1 aromatic heterocycles. The first-order valence-corrected chi connectivity index (χ1v) is 5.38. The summed E-state index contributed by atoms with van der Waals surface area (Å²) < 4.78 is 37.7. The van der Waals surface area contributed by atoms with E-state index < -0.39 is 11.9 Å². The zero-order chi connectivity index (χ0) is 14.0. The number of aromatic nitrogens is 2. The third-order valence-electron chi connectivity index (χ3n) is 2.57. The van der Waals surface area contributed by atoms with E-state index in [0.717, 1.165) is 12.3 Å². The maximum Gasteiger partial charge on any atom is 0.433 e. The number of hydrogen-bond acceptors (Lipinski definition) is 3. The summed E-state index contributed by atoms with van der Waals surface area (Å²) in [4.78, 5) is 18.0. The van der Waals surface area contributed by atoms with Gasteiger partial charge in [-0.2, -0.15) is 13.2 Å². The van der Waals surface area contributed by atoms with Gasteiger partial charge in [0.2, 0.25) is 0 Å². The number of halogens is 3. The maximum absolute atomic E-state index is 12.6. The first-order valence-electron chi connectivity index (χ1n) is 5.38. The van der Waals surface area contributed by atoms with Crippen molar-refractivity contribution in [1.29, 1.82) is 0 Å². The Morgan fingerprint density at radius 3 is 2.53 bits per heavy atom. The lowest BCUT2D eigenvalue weighted by atomic mass is 10.1. The first kappa shape index (κ1) is 13.2. The average Bonchev–Trinajstić information content (AvgIpc) is 2.37. The van der Waals surface area contributed by atoms with Gasteiger partial charge >= 0.3 is 6.18 Å². The van der Waals surface area contributed by atoms with Crippen LogP contribution in [0.15, 0.2) is 30.5 Å². The summed E-state index contributed by atoms with van der Waals surface area (Å²) in [7, 11) is 0. The van der Waals surface area contributed by atoms with Crippen LogP contribution in [0.25, 0.3) is 11.4 Å². The third-order valence-corrected chi connectivity index (χ3v) is 2.57. The van der Waals surface area contributed by atoms with Crippen LogP contribution in [0.2, 0.25) is 0 Å². The van der Waals surface area contributed by atoms with Gasteiger partial charge in [-0.05, 0) is 24.6 Å². The molecule has 6 heteroatoms. The molecular formula is C13H9F3N2O. The zero-order valence-corrected chi connectivity index (χ0v) is 9.90. The molecule has 0 aliphatic carbocycles. The van der Waals surface area contributed by atoms with E-state index in [1.165, 1.54) is 12.1 Å². The molecule has 1 heterocycles. The van der Waals surface area contributed by atoms with Crippen LogP contribution in [-0.4, -0.2) is 16.3 Å². The number of carbonyl (C=O) groups excluding carboxylic acids is 1. The molecule has 98 valence electrons. The molecular weight excluding hydrogens is 257 g/mol. The highest BCUT2D eigenvalue weighted by atomic mass is 19.4. The Hall–Kier alpha value is -2.24. The van der Waals surface area contributed by atoms with Gasteiger partial charge in [0.25, 0.3) is 0 Å². The summed E-state index contributed by atoms with van der Waals surface area (Å²) in [5.41, 5.74) is 0.574. The summed E-state index contributed by atoms with van der Waals surface area (Å²) >= 11 is 0. The minimum Gasteiger partial charge on any atom is -0.298 e. The predicted octanol–water partition coefficient (Wildman–Crippen LogP) is 3.28. The highest BCUT2D eigenvalue weighted by Crippen LogP contribution is 2.29. The molecule has 0 N–H and O–H groups in total. The Morgan fingerprint density at radius 2 is 1.95 bits per heavy atom. The number of aryl methyl sites for hydroxylation is 1. The topological polar surface area (TPSA) is 42.9 Å². The van der Waals surface area contributed by atoms with Crippen molar-refractivity contribution in [1.82, 2.24) is 9.97 Å². The third kappa shape index (κ3) is 2.78. The summed E-state index contributed by atoms with van der Waals surface area (Å²) in [5, 5.41) is 0. The fourth-order valence-corrected chi connectivity index (χ4v) is 1.66. The van der Waals surface area contributed by atoms with Crippen molar-refractivity contribution < 1.29 is 18.0 Å². The molecule has 0 amide bonds. The number of hydrogen-bond donors (Lipinski definition) is 0. The number of benzene rings is 1. The monoisotopic (exact) mass is 266 g/mol. The van der Waals surface area contributed by atoms with E-state index >= 15 is 0 Å². The van der Waals surface area contributed by atoms with E-state index in [2.05, 4.69) is 9.97 Å². The number of alkyl halides is 3. The Balaban J connectivity index is 2.50. The molecule has 0 saturated heterocycles. The lowest BCUT2D eigenvalue weighted by molar-refractivity contribution is -0.141. The molecule has 19 heavy (non-hydrogen) atoms. The van der Waals surface area contributed by atoms with Crippen LogP contribution in [-0.2, 0) is 6.18 Å². The molecule has 0 atom stereocenters. The van der Waals surface area contributed by atoms with Crippen LogP contribution in [0.3, 0.4) is 0 Å². The molecule has 0 spiro atoms. The summed E-state index contributed by atoms with van der Waals surface area (Å²) in [6, 6.07) is 5.44. The van der Waals surface area contributed by atoms with Gasteiger partial charge in [-0.15, -0.1) is 0 Å². The normalized spacial score (nSPS) is 11.4. The van der Waals surface area contributed by atoms with E-state index in [1.54, 1.807) is 13.0 Å². The van der Waals surface area contributed by atoms with Crippen LogP contribution in [0.5, 0.6) is 0 Å². The van der Waals surface area contributed by atoms with Gasteiger partial charge in [-0.1, -0.05) is 12.1 Å². The van der Waals surface area contributed by atoms with Crippen LogP contribution in [0.4, 0.5) is 13.2 Å². The molecule has 0 aliphatic heterocycles. The number of aldehydes is 1. The van der Waals surface area contributed by atoms with E-state index in [0.29, 0.717) is 23.0 Å². The summed E-state index contributed by atoms with van der Waals surface area (Å²) in [6.45, 7) is 1.69. The molecule has 0 saturated carbocycles. The molecule has 0 unspecified atom stereocenters. The van der Waals surface area contributed by atoms with Gasteiger partial charge in [-0.25, -0.2) is 9.97 Å². The molecule has 0 radical (unpaired) electrons. The largest absolute Gasteiger partial charge is 0.433 e. The average molecular weight is 266 g/mol. The van der Waals surface area contributed by atoms with Gasteiger partial charge in [0.05, 0.1) is 0 Å². The van der Waals surface area contributed by atoms with E-state index in [9.17, 15) is 18.0 Å². The Morgan fingerprint density at radius 1 is 1.21 bits per heavy atom. The highest BCUT2D eigenvalue weighted by Gasteiger charge is 2.32. The van der Waals surface area contributed by atoms with Crippen molar-refractivity contribution in [2.45, 2.75) is 13.1 Å². The minimum absolute atomic E-state index is 0.00947. The quantitative estimate of drug-likeness (QED) is 0.783. The van der Waals surface area contributed by atoms with Crippen molar-refractivity contribution in [2.75, 3.05) is 0 Å². The van der Waals surface area contributed by atoms with E-state index in [4.69, 9.17) is 0 Å². The first-order chi connectivity index (χ1) is 8.91. The van der Waals surface area contributed by atoms with Crippen molar-refractivity contribution in [3.63, 3.8) is 0 Å². The summed E-state index contributed by atoms with van der Waals surface area (Å²) in [6.07, 6.45) is -2.77. The molecule has 0 aliphatic rings. The molecule has 0 bridgehead atoms. The van der Waals surface area contributed by atoms with E-state index in [1.807, 2.05) is 0 Å². The van der Waals surface area contributed by atoms with Crippen molar-refractivity contribution in [3.8, 4) is 11.4 Å². The second kappa shape index (κ2) is 4.79. The predicted molar refractivity (Wildman–Crippen MR) is 62.6 cm³/mol. The van der Waals surface area contributed by atoms with Gasteiger partial charge in [-0.3, -0.25) is 4.79 Å². The molecule has 0 fully saturated rings. The summed E-state index contributed by atoms with van der Waals surface area (Å²) in [5.74, 6) is -0.00947. The van der Waals surface area contributed by atoms with Crippen LogP contribution in [0, 0.1) is 6.92 Å². The number of carbonyl (C=O) groups is 1. The maximum atomic E-state index is 12.6. The van der Waals surface area contributed by atoms with Gasteiger partial charge < -0.3 is 0 Å². The molecule has 2 aromatic rings. The van der Waals surface area contributed by atoms with Crippen molar-refractivity contribution in [3.05, 3.63) is 47.3 Å². The van der Waals surface area contributed by atoms with E-state index in [-0.39, 0.29) is 5.82 Å². The standard InChI is InChI=1S/C13H9F3N2O/c1-8-6-9(7-19)2-3-10(8)12-17-5-4-11(18-12)13(14,15)16/h2-7H,1H3. The SMILES string of the molecule is Cc1cc(C=O)ccc1-c1nccc(C(F)(F)F)n1. The Labute approximate surface area is 107 Å². The minimum atomic E-state index is -4.51. The van der Waals surface area contributed by atoms with Gasteiger partial charge in [0.15, 0.2) is 5.82 Å². The lowest BCUT2D eigenvalue weighted by Gasteiger charge is -2.09. The van der Waals surface area contributed by atoms with Crippen LogP contribution >= 0.6 is 0 Å². The van der Waals surface area contributed by atoms with Crippen molar-refractivity contribution >= 4 is 6.29 Å². The number of rotatable bonds is 2. The zero-order valence-electron chi connectivity index (χ0n) is 9.90. The molecule has 3 nitrogen and oxygen atoms in total. The lowest BCUT2D eigenvalue weighted by Crippen LogP contribution is -2.09. The highest BCUT2D eigenvalue weighted by molar-refractivity contribution is 5.77. The van der Waals surface area contributed by atoms with Gasteiger partial charge in [0.1, 0.15) is 12.0 Å². The van der Waals surface area contributed by atoms with Crippen LogP contribution < -0.4 is 0 Å². The Bertz CT molecular complexity index is 624. The Kier molecular flexibility index (Phi) is 3.33. The fraction of sp³-hybridized carbons (Fsp3) is 0.154. The molecule has 1 aromatic carbocycles. The van der Waals surface area contributed by atoms with Crippen molar-refractivity contribution in [2.24, 2.45) is 0 Å². The van der Waals surface area contributed by atoms with Gasteiger partial charge in [0, 0.05) is 17.3 Å². The second-order valence-corrected chi connectivity index (χ2v) is 3.96. The smallest absolute Gasteiger partial charge is 0.298 e. The second-order valence-electron chi connectivity index (χ2n) is 3.96. The fourth-order valence-electron chi connectivity index (χ4n) is 1.66. The number of nitrogens with zero attached hydrogens (tertiary/aromatic N) is 2. The van der Waals surface area contributed by atoms with Crippen LogP contribution in [0.1, 0.15) is 21.6 Å².